The van der Waals surface area contributed by atoms with Crippen LogP contribution < -0.4 is 5.32 Å². The number of aromatic nitrogens is 3. The summed E-state index contributed by atoms with van der Waals surface area (Å²) in [4.78, 5) is 37.3. The SMILES string of the molecule is [N-]=[N+]=NCB(Cc1cc(NC(=O)/C=C/c2cnccc2-c2cnn(CN=[N+]=[N-])c2)ccc1Br)C(=O)CN=[N+]=[N-]. The zero-order valence-electron chi connectivity index (χ0n) is 20.2. The topological polar surface area (TPSA) is 223 Å². The molecule has 0 aliphatic heterocycles. The molecule has 0 radical (unpaired) electrons. The number of halogens is 1. The molecule has 0 aliphatic carbocycles. The Morgan fingerprint density at radius 3 is 2.67 bits per heavy atom. The summed E-state index contributed by atoms with van der Waals surface area (Å²) in [5, 5.41) is 17.2. The fraction of sp³-hybridized carbons (Fsp3) is 0.182. The summed E-state index contributed by atoms with van der Waals surface area (Å²) in [6.07, 6.45) is 9.65. The molecular weight excluding hydrogens is 569 g/mol. The van der Waals surface area contributed by atoms with Crippen LogP contribution in [0.5, 0.6) is 0 Å². The average molecular weight is 588 g/mol. The highest BCUT2D eigenvalue weighted by molar-refractivity contribution is 9.10. The zero-order valence-corrected chi connectivity index (χ0v) is 21.8. The predicted molar refractivity (Wildman–Crippen MR) is 149 cm³/mol. The maximum atomic E-state index is 12.7. The molecule has 0 saturated heterocycles. The second kappa shape index (κ2) is 14.6. The third-order valence-electron chi connectivity index (χ3n) is 5.37. The molecule has 1 N–H and O–H groups in total. The first-order valence-corrected chi connectivity index (χ1v) is 12.0. The Hall–Kier alpha value is -5.07. The van der Waals surface area contributed by atoms with E-state index in [4.69, 9.17) is 16.6 Å². The van der Waals surface area contributed by atoms with Crippen LogP contribution in [-0.4, -0.2) is 46.1 Å². The molecule has 39 heavy (non-hydrogen) atoms. The van der Waals surface area contributed by atoms with Crippen molar-refractivity contribution in [2.45, 2.75) is 13.0 Å². The van der Waals surface area contributed by atoms with Crippen molar-refractivity contribution >= 4 is 46.0 Å². The van der Waals surface area contributed by atoms with Crippen LogP contribution in [-0.2, 0) is 22.6 Å². The number of carbonyl (C=O) groups is 2. The van der Waals surface area contributed by atoms with Gasteiger partial charge in [-0.3, -0.25) is 14.5 Å². The Kier molecular flexibility index (Phi) is 10.7. The van der Waals surface area contributed by atoms with Gasteiger partial charge in [0.25, 0.3) is 0 Å². The summed E-state index contributed by atoms with van der Waals surface area (Å²) < 4.78 is 2.18. The van der Waals surface area contributed by atoms with E-state index < -0.39 is 12.6 Å². The number of nitrogens with one attached hydrogen (secondary N) is 1. The summed E-state index contributed by atoms with van der Waals surface area (Å²) in [6.45, 7) is -1.00. The molecule has 0 spiro atoms. The molecule has 194 valence electrons. The number of hydrogen-bond acceptors (Lipinski definition) is 7. The number of amides is 1. The molecule has 2 heterocycles. The first-order valence-electron chi connectivity index (χ1n) is 11.2. The molecule has 2 aromatic heterocycles. The molecule has 0 fully saturated rings. The van der Waals surface area contributed by atoms with Gasteiger partial charge >= 0.3 is 0 Å². The van der Waals surface area contributed by atoms with Gasteiger partial charge in [0.15, 0.2) is 0 Å². The van der Waals surface area contributed by atoms with Crippen molar-refractivity contribution in [3.8, 4) is 11.1 Å². The number of hydrogen-bond donors (Lipinski definition) is 1. The molecule has 0 aliphatic rings. The molecule has 1 amide bonds. The van der Waals surface area contributed by atoms with Gasteiger partial charge < -0.3 is 10.1 Å². The maximum Gasteiger partial charge on any atom is 0.248 e. The van der Waals surface area contributed by atoms with Crippen LogP contribution in [0.1, 0.15) is 11.1 Å². The third kappa shape index (κ3) is 8.49. The summed E-state index contributed by atoms with van der Waals surface area (Å²) >= 11 is 3.44. The number of carbonyl (C=O) groups excluding carboxylic acids is 2. The fourth-order valence-corrected chi connectivity index (χ4v) is 3.95. The number of benzene rings is 1. The van der Waals surface area contributed by atoms with E-state index in [1.165, 1.54) is 10.8 Å². The maximum absolute atomic E-state index is 12.7. The Bertz CT molecular complexity index is 1540. The lowest BCUT2D eigenvalue weighted by Gasteiger charge is -2.12. The van der Waals surface area contributed by atoms with E-state index in [0.29, 0.717) is 21.3 Å². The minimum Gasteiger partial charge on any atom is -0.323 e. The lowest BCUT2D eigenvalue weighted by Crippen LogP contribution is -2.34. The molecule has 0 unspecified atom stereocenters. The molecule has 3 aromatic rings. The van der Waals surface area contributed by atoms with Crippen LogP contribution in [0.25, 0.3) is 48.5 Å². The number of pyridine rings is 1. The largest absolute Gasteiger partial charge is 0.323 e. The lowest BCUT2D eigenvalue weighted by molar-refractivity contribution is -0.112. The summed E-state index contributed by atoms with van der Waals surface area (Å²) in [7, 11) is 0. The first kappa shape index (κ1) is 28.5. The highest BCUT2D eigenvalue weighted by atomic mass is 79.9. The molecular formula is C22H19BBrN13O2. The van der Waals surface area contributed by atoms with Crippen molar-refractivity contribution in [2.75, 3.05) is 18.3 Å². The van der Waals surface area contributed by atoms with E-state index in [-0.39, 0.29) is 31.7 Å². The standard InChI is InChI=1S/C22H19BBrN13O2/c24-20-3-2-18(7-16(20)8-23(13-30-35-26)21(38)11-29-34-25)33-22(39)4-1-15-9-28-6-5-19(15)17-10-32-37(12-17)14-31-36-27/h1-7,9-10,12H,8,11,13-14H2,(H,33,39)/b4-1+. The van der Waals surface area contributed by atoms with Crippen LogP contribution >= 0.6 is 15.9 Å². The second-order valence-electron chi connectivity index (χ2n) is 7.90. The Balaban J connectivity index is 1.74. The smallest absolute Gasteiger partial charge is 0.248 e. The van der Waals surface area contributed by atoms with Crippen molar-refractivity contribution in [3.63, 3.8) is 0 Å². The van der Waals surface area contributed by atoms with Gasteiger partial charge in [-0.05, 0) is 64.4 Å². The number of azide groups is 3. The van der Waals surface area contributed by atoms with Crippen LogP contribution in [0, 0.1) is 0 Å². The van der Waals surface area contributed by atoms with Gasteiger partial charge in [0.1, 0.15) is 6.67 Å². The summed E-state index contributed by atoms with van der Waals surface area (Å²) in [5.41, 5.74) is 28.7. The molecule has 1 aromatic carbocycles. The van der Waals surface area contributed by atoms with Crippen molar-refractivity contribution in [1.29, 1.82) is 0 Å². The Labute approximate surface area is 230 Å². The molecule has 0 atom stereocenters. The summed E-state index contributed by atoms with van der Waals surface area (Å²) in [6, 6.07) is 6.90. The number of rotatable bonds is 13. The van der Waals surface area contributed by atoms with Gasteiger partial charge in [-0.15, -0.1) is 5.11 Å². The fourth-order valence-electron chi connectivity index (χ4n) is 3.54. The first-order chi connectivity index (χ1) is 18.9. The third-order valence-corrected chi connectivity index (χ3v) is 6.15. The van der Waals surface area contributed by atoms with Crippen molar-refractivity contribution in [3.05, 3.63) is 102 Å². The van der Waals surface area contributed by atoms with Gasteiger partial charge in [0.2, 0.25) is 12.6 Å². The lowest BCUT2D eigenvalue weighted by atomic mass is 9.43. The van der Waals surface area contributed by atoms with Crippen LogP contribution in [0.15, 0.2) is 74.9 Å². The molecule has 0 saturated carbocycles. The quantitative estimate of drug-likeness (QED) is 0.0901. The van der Waals surface area contributed by atoms with Gasteiger partial charge in [-0.25, -0.2) is 0 Å². The Morgan fingerprint density at radius 2 is 1.90 bits per heavy atom. The van der Waals surface area contributed by atoms with Crippen molar-refractivity contribution in [2.24, 2.45) is 15.3 Å². The Morgan fingerprint density at radius 1 is 1.10 bits per heavy atom. The van der Waals surface area contributed by atoms with Gasteiger partial charge in [-0.2, -0.15) is 5.10 Å². The molecule has 15 nitrogen and oxygen atoms in total. The van der Waals surface area contributed by atoms with E-state index in [2.05, 4.69) is 61.4 Å². The zero-order chi connectivity index (χ0) is 28.0. The molecule has 17 heteroatoms. The van der Waals surface area contributed by atoms with Gasteiger partial charge in [-0.1, -0.05) is 26.2 Å². The van der Waals surface area contributed by atoms with E-state index >= 15 is 0 Å². The van der Waals surface area contributed by atoms with Crippen LogP contribution in [0.4, 0.5) is 5.69 Å². The highest BCUT2D eigenvalue weighted by Gasteiger charge is 2.23. The predicted octanol–water partition coefficient (Wildman–Crippen LogP) is 5.47. The van der Waals surface area contributed by atoms with Crippen LogP contribution in [0.3, 0.4) is 0 Å². The van der Waals surface area contributed by atoms with Crippen molar-refractivity contribution < 1.29 is 9.59 Å². The van der Waals surface area contributed by atoms with E-state index in [1.54, 1.807) is 55.1 Å². The molecule has 3 rings (SSSR count). The van der Waals surface area contributed by atoms with Crippen LogP contribution in [0.2, 0.25) is 0 Å². The van der Waals surface area contributed by atoms with Gasteiger partial charge in [0.05, 0.1) is 18.4 Å². The van der Waals surface area contributed by atoms with E-state index in [9.17, 15) is 9.59 Å². The minimum absolute atomic E-state index is 0.0542. The number of anilines is 1. The normalized spacial score (nSPS) is 10.2. The highest BCUT2D eigenvalue weighted by Crippen LogP contribution is 2.25. The summed E-state index contributed by atoms with van der Waals surface area (Å²) in [5.74, 6) is -0.401. The average Bonchev–Trinajstić information content (AvgIpc) is 3.42. The van der Waals surface area contributed by atoms with E-state index in [1.807, 2.05) is 0 Å². The van der Waals surface area contributed by atoms with E-state index in [0.717, 1.165) is 11.1 Å². The van der Waals surface area contributed by atoms with Gasteiger partial charge in [0, 0.05) is 67.1 Å². The second-order valence-corrected chi connectivity index (χ2v) is 8.76. The molecule has 0 bridgehead atoms. The van der Waals surface area contributed by atoms with Crippen molar-refractivity contribution in [1.82, 2.24) is 14.8 Å². The number of nitrogens with zero attached hydrogens (tertiary/aromatic N) is 12. The monoisotopic (exact) mass is 587 g/mol. The minimum atomic E-state index is -0.700.